The first kappa shape index (κ1) is 25.0. The normalized spacial score (nSPS) is 11.8. The summed E-state index contributed by atoms with van der Waals surface area (Å²) in [6.07, 6.45) is 4.17. The van der Waals surface area contributed by atoms with Gasteiger partial charge in [0.25, 0.3) is 0 Å². The minimum atomic E-state index is 0.389. The van der Waals surface area contributed by atoms with Gasteiger partial charge in [-0.3, -0.25) is 10.9 Å². The van der Waals surface area contributed by atoms with Crippen molar-refractivity contribution in [2.45, 2.75) is 13.8 Å². The Bertz CT molecular complexity index is 1010. The van der Waals surface area contributed by atoms with Crippen LogP contribution in [0.3, 0.4) is 0 Å². The summed E-state index contributed by atoms with van der Waals surface area (Å²) in [4.78, 5) is 2.08. The van der Waals surface area contributed by atoms with Crippen LogP contribution in [-0.4, -0.2) is 42.8 Å². The molecular formula is C23H29N7S2. The fourth-order valence-corrected chi connectivity index (χ4v) is 2.61. The number of benzene rings is 2. The second kappa shape index (κ2) is 12.5. The monoisotopic (exact) mass is 467 g/mol. The number of rotatable bonds is 7. The van der Waals surface area contributed by atoms with Crippen molar-refractivity contribution in [1.29, 1.82) is 0 Å². The van der Waals surface area contributed by atoms with Crippen LogP contribution in [0.1, 0.15) is 25.0 Å². The van der Waals surface area contributed by atoms with Gasteiger partial charge in [-0.1, -0.05) is 36.4 Å². The van der Waals surface area contributed by atoms with Crippen LogP contribution in [0.5, 0.6) is 0 Å². The third-order valence-electron chi connectivity index (χ3n) is 4.45. The van der Waals surface area contributed by atoms with Crippen molar-refractivity contribution in [2.75, 3.05) is 31.4 Å². The van der Waals surface area contributed by atoms with E-state index in [1.54, 1.807) is 7.05 Å². The maximum absolute atomic E-state index is 5.31. The Morgan fingerprint density at radius 2 is 1.25 bits per heavy atom. The first-order valence-corrected chi connectivity index (χ1v) is 10.8. The zero-order valence-electron chi connectivity index (χ0n) is 18.9. The third kappa shape index (κ3) is 8.44. The zero-order valence-corrected chi connectivity index (χ0v) is 20.6. The smallest absolute Gasteiger partial charge is 0.191 e. The van der Waals surface area contributed by atoms with Crippen molar-refractivity contribution in [1.82, 2.24) is 16.2 Å². The fourth-order valence-electron chi connectivity index (χ4n) is 2.40. The molecule has 0 spiro atoms. The Labute approximate surface area is 200 Å². The molecule has 9 heteroatoms. The van der Waals surface area contributed by atoms with Crippen molar-refractivity contribution in [3.05, 3.63) is 59.7 Å². The summed E-state index contributed by atoms with van der Waals surface area (Å²) in [5.41, 5.74) is 11.2. The van der Waals surface area contributed by atoms with Crippen LogP contribution < -0.4 is 26.4 Å². The van der Waals surface area contributed by atoms with E-state index in [-0.39, 0.29) is 0 Å². The minimum Gasteiger partial charge on any atom is -0.378 e. The van der Waals surface area contributed by atoms with Crippen LogP contribution >= 0.6 is 24.4 Å². The Morgan fingerprint density at radius 3 is 1.72 bits per heavy atom. The van der Waals surface area contributed by atoms with Gasteiger partial charge in [-0.25, -0.2) is 0 Å². The Kier molecular flexibility index (Phi) is 9.77. The van der Waals surface area contributed by atoms with E-state index in [2.05, 4.69) is 73.0 Å². The molecule has 0 heterocycles. The lowest BCUT2D eigenvalue weighted by molar-refractivity contribution is 0.974. The standard InChI is InChI=1S/C23H29N7S2/c1-16(26-28-22(31)24-3)17(2)27-29-23(32)25-20-12-8-18(9-13-20)6-7-19-10-14-21(15-11-19)30(4)5/h6-15H,1-5H3,(H2,24,28,31)(H2,25,29,32)/b7-6+,26-16+,27-17+. The average molecular weight is 468 g/mol. The topological polar surface area (TPSA) is 76.1 Å². The van der Waals surface area contributed by atoms with Crippen LogP contribution in [0, 0.1) is 0 Å². The lowest BCUT2D eigenvalue weighted by Crippen LogP contribution is -2.30. The molecule has 0 radical (unpaired) electrons. The van der Waals surface area contributed by atoms with Crippen LogP contribution in [-0.2, 0) is 0 Å². The number of hydrogen-bond donors (Lipinski definition) is 4. The minimum absolute atomic E-state index is 0.389. The predicted octanol–water partition coefficient (Wildman–Crippen LogP) is 4.06. The van der Waals surface area contributed by atoms with E-state index < -0.39 is 0 Å². The summed E-state index contributed by atoms with van der Waals surface area (Å²) >= 11 is 10.3. The van der Waals surface area contributed by atoms with Crippen LogP contribution in [0.4, 0.5) is 11.4 Å². The molecule has 0 amide bonds. The second-order valence-corrected chi connectivity index (χ2v) is 7.91. The van der Waals surface area contributed by atoms with E-state index in [4.69, 9.17) is 24.4 Å². The van der Waals surface area contributed by atoms with Gasteiger partial charge in [0.1, 0.15) is 0 Å². The molecule has 2 aromatic carbocycles. The maximum Gasteiger partial charge on any atom is 0.191 e. The number of nitrogens with zero attached hydrogens (tertiary/aromatic N) is 3. The molecule has 0 atom stereocenters. The summed E-state index contributed by atoms with van der Waals surface area (Å²) in [6, 6.07) is 16.4. The lowest BCUT2D eigenvalue weighted by Gasteiger charge is -2.11. The van der Waals surface area contributed by atoms with Gasteiger partial charge in [-0.05, 0) is 73.7 Å². The Morgan fingerprint density at radius 1 is 0.781 bits per heavy atom. The fraction of sp³-hybridized carbons (Fsp3) is 0.217. The van der Waals surface area contributed by atoms with Crippen molar-refractivity contribution in [3.63, 3.8) is 0 Å². The van der Waals surface area contributed by atoms with E-state index in [9.17, 15) is 0 Å². The van der Waals surface area contributed by atoms with E-state index in [0.717, 1.165) is 16.8 Å². The van der Waals surface area contributed by atoms with E-state index in [1.807, 2.05) is 52.2 Å². The first-order valence-electron chi connectivity index (χ1n) is 9.97. The van der Waals surface area contributed by atoms with Crippen molar-refractivity contribution in [2.24, 2.45) is 10.2 Å². The van der Waals surface area contributed by atoms with Crippen LogP contribution in [0.15, 0.2) is 58.7 Å². The lowest BCUT2D eigenvalue weighted by atomic mass is 10.1. The average Bonchev–Trinajstić information content (AvgIpc) is 2.80. The molecule has 7 nitrogen and oxygen atoms in total. The highest BCUT2D eigenvalue weighted by Gasteiger charge is 2.01. The molecule has 0 saturated carbocycles. The summed E-state index contributed by atoms with van der Waals surface area (Å²) in [7, 11) is 5.79. The molecule has 0 aliphatic carbocycles. The van der Waals surface area contributed by atoms with Gasteiger partial charge in [-0.15, -0.1) is 0 Å². The van der Waals surface area contributed by atoms with Gasteiger partial charge in [-0.2, -0.15) is 10.2 Å². The summed E-state index contributed by atoms with van der Waals surface area (Å²) < 4.78 is 0. The summed E-state index contributed by atoms with van der Waals surface area (Å²) in [5, 5.41) is 15.1. The van der Waals surface area contributed by atoms with E-state index >= 15 is 0 Å². The SMILES string of the molecule is CNC(=S)N/N=C(C)/C(C)=N/NC(=S)Nc1ccc(/C=C/c2ccc(N(C)C)cc2)cc1. The highest BCUT2D eigenvalue weighted by molar-refractivity contribution is 7.80. The molecule has 168 valence electrons. The Balaban J connectivity index is 1.88. The molecule has 32 heavy (non-hydrogen) atoms. The Hall–Kier alpha value is -3.30. The maximum atomic E-state index is 5.31. The number of hydrogen-bond acceptors (Lipinski definition) is 5. The molecule has 0 aliphatic heterocycles. The molecule has 0 bridgehead atoms. The quantitative estimate of drug-likeness (QED) is 0.212. The predicted molar refractivity (Wildman–Crippen MR) is 147 cm³/mol. The van der Waals surface area contributed by atoms with Gasteiger partial charge in [0.15, 0.2) is 10.2 Å². The molecule has 0 saturated heterocycles. The molecule has 4 N–H and O–H groups in total. The molecule has 0 fully saturated rings. The van der Waals surface area contributed by atoms with Gasteiger partial charge in [0.2, 0.25) is 0 Å². The highest BCUT2D eigenvalue weighted by Crippen LogP contribution is 2.16. The largest absolute Gasteiger partial charge is 0.378 e. The molecule has 0 aliphatic rings. The molecule has 2 aromatic rings. The van der Waals surface area contributed by atoms with Crippen molar-refractivity contribution in [3.8, 4) is 0 Å². The van der Waals surface area contributed by atoms with Crippen molar-refractivity contribution < 1.29 is 0 Å². The van der Waals surface area contributed by atoms with Gasteiger partial charge in [0.05, 0.1) is 11.4 Å². The van der Waals surface area contributed by atoms with Gasteiger partial charge >= 0.3 is 0 Å². The van der Waals surface area contributed by atoms with Gasteiger partial charge in [0, 0.05) is 32.5 Å². The first-order chi connectivity index (χ1) is 15.3. The number of hydrazone groups is 2. The third-order valence-corrected chi connectivity index (χ3v) is 4.94. The zero-order chi connectivity index (χ0) is 23.5. The van der Waals surface area contributed by atoms with Gasteiger partial charge < -0.3 is 15.5 Å². The van der Waals surface area contributed by atoms with Crippen LogP contribution in [0.2, 0.25) is 0 Å². The van der Waals surface area contributed by atoms with E-state index in [0.29, 0.717) is 21.6 Å². The molecule has 0 aromatic heterocycles. The summed E-state index contributed by atoms with van der Waals surface area (Å²) in [6.45, 7) is 3.65. The molecule has 0 unspecified atom stereocenters. The molecular weight excluding hydrogens is 438 g/mol. The summed E-state index contributed by atoms with van der Waals surface area (Å²) in [5.74, 6) is 0. The van der Waals surface area contributed by atoms with E-state index in [1.165, 1.54) is 5.69 Å². The second-order valence-electron chi connectivity index (χ2n) is 7.09. The van der Waals surface area contributed by atoms with Crippen LogP contribution in [0.25, 0.3) is 12.2 Å². The molecule has 2 rings (SSSR count). The highest BCUT2D eigenvalue weighted by atomic mass is 32.1. The number of nitrogens with one attached hydrogen (secondary N) is 4. The number of thiocarbonyl (C=S) groups is 2. The number of anilines is 2. The van der Waals surface area contributed by atoms with Crippen molar-refractivity contribution >= 4 is 69.6 Å².